The van der Waals surface area contributed by atoms with Crippen molar-refractivity contribution in [1.82, 2.24) is 0 Å². The molecule has 0 aromatic carbocycles. The van der Waals surface area contributed by atoms with Gasteiger partial charge in [0.15, 0.2) is 0 Å². The van der Waals surface area contributed by atoms with Gasteiger partial charge in [0, 0.05) is 20.3 Å². The lowest BCUT2D eigenvalue weighted by molar-refractivity contribution is -0.206. The fourth-order valence-electron chi connectivity index (χ4n) is 1.52. The van der Waals surface area contributed by atoms with E-state index in [2.05, 4.69) is 0 Å². The summed E-state index contributed by atoms with van der Waals surface area (Å²) in [4.78, 5) is 11.2. The van der Waals surface area contributed by atoms with Gasteiger partial charge in [0.05, 0.1) is 12.2 Å². The summed E-state index contributed by atoms with van der Waals surface area (Å²) in [5.74, 6) is -0.937. The number of rotatable bonds is 3. The highest BCUT2D eigenvalue weighted by Crippen LogP contribution is 2.24. The van der Waals surface area contributed by atoms with Gasteiger partial charge in [0.1, 0.15) is 5.76 Å². The lowest BCUT2D eigenvalue weighted by Gasteiger charge is -2.31. The molecule has 0 saturated carbocycles. The van der Waals surface area contributed by atoms with Gasteiger partial charge in [-0.05, 0) is 13.8 Å². The van der Waals surface area contributed by atoms with E-state index in [1.807, 2.05) is 13.8 Å². The smallest absolute Gasteiger partial charge is 0.337 e. The zero-order chi connectivity index (χ0) is 12.3. The molecule has 0 aromatic heterocycles. The van der Waals surface area contributed by atoms with E-state index in [4.69, 9.17) is 9.47 Å². The van der Waals surface area contributed by atoms with Gasteiger partial charge in [-0.2, -0.15) is 0 Å². The fourth-order valence-corrected chi connectivity index (χ4v) is 1.52. The van der Waals surface area contributed by atoms with Crippen LogP contribution in [0.1, 0.15) is 34.1 Å². The highest BCUT2D eigenvalue weighted by Gasteiger charge is 2.30. The van der Waals surface area contributed by atoms with Crippen molar-refractivity contribution in [2.24, 2.45) is 0 Å². The molecule has 1 aliphatic rings. The van der Waals surface area contributed by atoms with Gasteiger partial charge >= 0.3 is 5.97 Å². The van der Waals surface area contributed by atoms with Gasteiger partial charge in [0.25, 0.3) is 0 Å². The highest BCUT2D eigenvalue weighted by atomic mass is 16.7. The zero-order valence-corrected chi connectivity index (χ0v) is 10.1. The van der Waals surface area contributed by atoms with Gasteiger partial charge in [-0.3, -0.25) is 0 Å². The SMILES string of the molecule is CC(C)=C[C@H](O)CC1=CC(=O)OC(C)(C)O1. The Hall–Kier alpha value is -1.29. The van der Waals surface area contributed by atoms with Gasteiger partial charge < -0.3 is 14.6 Å². The van der Waals surface area contributed by atoms with E-state index in [1.165, 1.54) is 6.08 Å². The molecule has 0 saturated heterocycles. The number of hydrogen-bond acceptors (Lipinski definition) is 4. The van der Waals surface area contributed by atoms with Crippen LogP contribution in [0, 0.1) is 0 Å². The van der Waals surface area contributed by atoms with Crippen molar-refractivity contribution in [2.75, 3.05) is 0 Å². The number of ether oxygens (including phenoxy) is 2. The molecule has 0 unspecified atom stereocenters. The van der Waals surface area contributed by atoms with Crippen LogP contribution in [0.3, 0.4) is 0 Å². The molecule has 1 N–H and O–H groups in total. The number of carbonyl (C=O) groups excluding carboxylic acids is 1. The lowest BCUT2D eigenvalue weighted by atomic mass is 10.1. The summed E-state index contributed by atoms with van der Waals surface area (Å²) in [6.07, 6.45) is 2.63. The van der Waals surface area contributed by atoms with E-state index >= 15 is 0 Å². The maximum Gasteiger partial charge on any atom is 0.337 e. The van der Waals surface area contributed by atoms with Crippen molar-refractivity contribution in [3.05, 3.63) is 23.5 Å². The van der Waals surface area contributed by atoms with E-state index in [-0.39, 0.29) is 6.42 Å². The predicted octanol–water partition coefficient (Wildman–Crippen LogP) is 1.90. The van der Waals surface area contributed by atoms with Crippen LogP contribution in [0.25, 0.3) is 0 Å². The maximum atomic E-state index is 11.2. The molecular weight excluding hydrogens is 208 g/mol. The number of carbonyl (C=O) groups is 1. The van der Waals surface area contributed by atoms with Crippen LogP contribution in [-0.2, 0) is 14.3 Å². The third-order valence-corrected chi connectivity index (χ3v) is 1.94. The van der Waals surface area contributed by atoms with E-state index in [9.17, 15) is 9.90 Å². The topological polar surface area (TPSA) is 55.8 Å². The highest BCUT2D eigenvalue weighted by molar-refractivity contribution is 5.83. The Balaban J connectivity index is 2.68. The van der Waals surface area contributed by atoms with Crippen LogP contribution in [0.15, 0.2) is 23.5 Å². The first-order valence-corrected chi connectivity index (χ1v) is 5.24. The maximum absolute atomic E-state index is 11.2. The molecule has 1 rings (SSSR count). The Bertz CT molecular complexity index is 335. The quantitative estimate of drug-likeness (QED) is 0.590. The number of esters is 1. The third-order valence-electron chi connectivity index (χ3n) is 1.94. The summed E-state index contributed by atoms with van der Waals surface area (Å²) in [7, 11) is 0. The van der Waals surface area contributed by atoms with Gasteiger partial charge in [-0.1, -0.05) is 11.6 Å². The number of allylic oxidation sites excluding steroid dienone is 1. The van der Waals surface area contributed by atoms with Crippen molar-refractivity contribution >= 4 is 5.97 Å². The standard InChI is InChI=1S/C12H18O4/c1-8(2)5-9(13)6-10-7-11(14)16-12(3,4)15-10/h5,7,9,13H,6H2,1-4H3/t9-/m0/s1. The number of hydrogen-bond donors (Lipinski definition) is 1. The summed E-state index contributed by atoms with van der Waals surface area (Å²) in [5, 5.41) is 9.68. The molecule has 4 nitrogen and oxygen atoms in total. The average molecular weight is 226 g/mol. The van der Waals surface area contributed by atoms with Gasteiger partial charge in [-0.25, -0.2) is 4.79 Å². The molecule has 0 aliphatic carbocycles. The first kappa shape index (κ1) is 12.8. The largest absolute Gasteiger partial charge is 0.457 e. The summed E-state index contributed by atoms with van der Waals surface area (Å²) in [5.41, 5.74) is 1.02. The van der Waals surface area contributed by atoms with E-state index in [0.29, 0.717) is 5.76 Å². The summed E-state index contributed by atoms with van der Waals surface area (Å²) in [6, 6.07) is 0. The molecule has 0 radical (unpaired) electrons. The first-order chi connectivity index (χ1) is 7.28. The zero-order valence-electron chi connectivity index (χ0n) is 10.1. The Morgan fingerprint density at radius 1 is 1.50 bits per heavy atom. The predicted molar refractivity (Wildman–Crippen MR) is 59.4 cm³/mol. The molecule has 0 bridgehead atoms. The average Bonchev–Trinajstić information content (AvgIpc) is 1.95. The van der Waals surface area contributed by atoms with Crippen molar-refractivity contribution in [2.45, 2.75) is 46.0 Å². The van der Waals surface area contributed by atoms with Gasteiger partial charge in [0.2, 0.25) is 5.79 Å². The summed E-state index contributed by atoms with van der Waals surface area (Å²) < 4.78 is 10.4. The van der Waals surface area contributed by atoms with Crippen molar-refractivity contribution in [1.29, 1.82) is 0 Å². The Labute approximate surface area is 95.6 Å². The van der Waals surface area contributed by atoms with Crippen LogP contribution < -0.4 is 0 Å². The molecule has 1 heterocycles. The Kier molecular flexibility index (Phi) is 3.75. The van der Waals surface area contributed by atoms with E-state index < -0.39 is 17.9 Å². The molecular formula is C12H18O4. The first-order valence-electron chi connectivity index (χ1n) is 5.24. The Morgan fingerprint density at radius 3 is 2.62 bits per heavy atom. The molecule has 0 fully saturated rings. The molecule has 4 heteroatoms. The van der Waals surface area contributed by atoms with Crippen LogP contribution in [0.2, 0.25) is 0 Å². The van der Waals surface area contributed by atoms with Crippen LogP contribution in [0.5, 0.6) is 0 Å². The second-order valence-corrected chi connectivity index (χ2v) is 4.55. The minimum atomic E-state index is -0.953. The fraction of sp³-hybridized carbons (Fsp3) is 0.583. The van der Waals surface area contributed by atoms with Gasteiger partial charge in [-0.15, -0.1) is 0 Å². The van der Waals surface area contributed by atoms with Crippen molar-refractivity contribution < 1.29 is 19.4 Å². The van der Waals surface area contributed by atoms with Crippen LogP contribution >= 0.6 is 0 Å². The molecule has 90 valence electrons. The van der Waals surface area contributed by atoms with Crippen molar-refractivity contribution in [3.8, 4) is 0 Å². The van der Waals surface area contributed by atoms with E-state index in [0.717, 1.165) is 5.57 Å². The van der Waals surface area contributed by atoms with Crippen LogP contribution in [0.4, 0.5) is 0 Å². The third kappa shape index (κ3) is 4.06. The monoisotopic (exact) mass is 226 g/mol. The molecule has 0 amide bonds. The van der Waals surface area contributed by atoms with E-state index in [1.54, 1.807) is 19.9 Å². The second kappa shape index (κ2) is 4.70. The molecule has 0 spiro atoms. The van der Waals surface area contributed by atoms with Crippen molar-refractivity contribution in [3.63, 3.8) is 0 Å². The minimum absolute atomic E-state index is 0.281. The second-order valence-electron chi connectivity index (χ2n) is 4.55. The molecule has 16 heavy (non-hydrogen) atoms. The summed E-state index contributed by atoms with van der Waals surface area (Å²) >= 11 is 0. The molecule has 1 aliphatic heterocycles. The normalized spacial score (nSPS) is 20.3. The molecule has 1 atom stereocenters. The Morgan fingerprint density at radius 2 is 2.12 bits per heavy atom. The minimum Gasteiger partial charge on any atom is -0.457 e. The van der Waals surface area contributed by atoms with Crippen LogP contribution in [-0.4, -0.2) is 23.0 Å². The number of aliphatic hydroxyl groups excluding tert-OH is 1. The number of cyclic esters (lactones) is 1. The summed E-state index contributed by atoms with van der Waals surface area (Å²) in [6.45, 7) is 7.12. The lowest BCUT2D eigenvalue weighted by Crippen LogP contribution is -2.35. The number of aliphatic hydroxyl groups is 1. The molecule has 0 aromatic rings.